The van der Waals surface area contributed by atoms with Gasteiger partial charge in [0.1, 0.15) is 23.6 Å². The van der Waals surface area contributed by atoms with Gasteiger partial charge in [-0.15, -0.1) is 11.3 Å². The van der Waals surface area contributed by atoms with Gasteiger partial charge in [0.05, 0.1) is 21.7 Å². The van der Waals surface area contributed by atoms with Gasteiger partial charge in [-0.1, -0.05) is 30.3 Å². The quantitative estimate of drug-likeness (QED) is 0.410. The van der Waals surface area contributed by atoms with E-state index >= 15 is 0 Å². The van der Waals surface area contributed by atoms with Crippen LogP contribution >= 0.6 is 11.3 Å². The van der Waals surface area contributed by atoms with E-state index in [1.54, 1.807) is 41.8 Å². The van der Waals surface area contributed by atoms with Gasteiger partial charge in [0.2, 0.25) is 5.43 Å². The van der Waals surface area contributed by atoms with Crippen LogP contribution in [0.15, 0.2) is 69.4 Å². The molecule has 2 heterocycles. The SMILES string of the molecule is Cc1nc(-c2coc3cc(OCC(=O)N[C@@H](Cc4ccccc4)C(=O)O)ccc3c2=O)cs1. The second-order valence-electron chi connectivity index (χ2n) is 7.32. The highest BCUT2D eigenvalue weighted by atomic mass is 32.1. The van der Waals surface area contributed by atoms with Crippen molar-refractivity contribution in [1.82, 2.24) is 10.3 Å². The number of fused-ring (bicyclic) bond motifs is 1. The Morgan fingerprint density at radius 1 is 1.21 bits per heavy atom. The Morgan fingerprint density at radius 2 is 2.00 bits per heavy atom. The Balaban J connectivity index is 1.42. The van der Waals surface area contributed by atoms with Crippen LogP contribution in [0.5, 0.6) is 5.75 Å². The Bertz CT molecular complexity index is 1360. The van der Waals surface area contributed by atoms with Crippen molar-refractivity contribution in [1.29, 1.82) is 0 Å². The monoisotopic (exact) mass is 464 g/mol. The maximum atomic E-state index is 12.8. The lowest BCUT2D eigenvalue weighted by atomic mass is 10.1. The molecule has 1 amide bonds. The molecule has 4 aromatic rings. The second kappa shape index (κ2) is 9.66. The van der Waals surface area contributed by atoms with Gasteiger partial charge >= 0.3 is 5.97 Å². The van der Waals surface area contributed by atoms with Gasteiger partial charge in [0.25, 0.3) is 5.91 Å². The number of nitrogens with zero attached hydrogens (tertiary/aromatic N) is 1. The van der Waals surface area contributed by atoms with Crippen molar-refractivity contribution in [2.45, 2.75) is 19.4 Å². The molecule has 0 saturated heterocycles. The minimum atomic E-state index is -1.13. The Morgan fingerprint density at radius 3 is 2.70 bits per heavy atom. The van der Waals surface area contributed by atoms with Gasteiger partial charge in [0.15, 0.2) is 6.61 Å². The molecular formula is C24H20N2O6S. The smallest absolute Gasteiger partial charge is 0.326 e. The van der Waals surface area contributed by atoms with Crippen molar-refractivity contribution in [3.63, 3.8) is 0 Å². The largest absolute Gasteiger partial charge is 0.484 e. The van der Waals surface area contributed by atoms with E-state index in [0.29, 0.717) is 28.0 Å². The number of hydrogen-bond donors (Lipinski definition) is 2. The van der Waals surface area contributed by atoms with Crippen LogP contribution in [0.4, 0.5) is 0 Å². The average Bonchev–Trinajstić information content (AvgIpc) is 3.24. The van der Waals surface area contributed by atoms with E-state index in [4.69, 9.17) is 9.15 Å². The minimum absolute atomic E-state index is 0.157. The maximum absolute atomic E-state index is 12.8. The second-order valence-corrected chi connectivity index (χ2v) is 8.39. The first-order valence-corrected chi connectivity index (χ1v) is 11.0. The number of hydrogen-bond acceptors (Lipinski definition) is 7. The predicted octanol–water partition coefficient (Wildman–Crippen LogP) is 3.42. The molecule has 9 heteroatoms. The molecule has 0 aliphatic rings. The topological polar surface area (TPSA) is 119 Å². The lowest BCUT2D eigenvalue weighted by Crippen LogP contribution is -2.44. The normalized spacial score (nSPS) is 11.8. The molecule has 1 atom stereocenters. The molecule has 0 radical (unpaired) electrons. The van der Waals surface area contributed by atoms with E-state index in [-0.39, 0.29) is 18.5 Å². The summed E-state index contributed by atoms with van der Waals surface area (Å²) in [6.07, 6.45) is 1.51. The van der Waals surface area contributed by atoms with Crippen molar-refractivity contribution >= 4 is 34.2 Å². The van der Waals surface area contributed by atoms with Crippen molar-refractivity contribution < 1.29 is 23.8 Å². The zero-order valence-electron chi connectivity index (χ0n) is 17.6. The number of nitrogens with one attached hydrogen (secondary N) is 1. The molecule has 0 fully saturated rings. The van der Waals surface area contributed by atoms with Gasteiger partial charge < -0.3 is 19.6 Å². The molecule has 0 unspecified atom stereocenters. The molecule has 0 aliphatic carbocycles. The third-order valence-corrected chi connectivity index (χ3v) is 5.70. The van der Waals surface area contributed by atoms with Crippen molar-refractivity contribution in [2.75, 3.05) is 6.61 Å². The Hall–Kier alpha value is -3.98. The molecule has 0 bridgehead atoms. The van der Waals surface area contributed by atoms with Crippen LogP contribution in [0, 0.1) is 6.92 Å². The highest BCUT2D eigenvalue weighted by Gasteiger charge is 2.21. The molecular weight excluding hydrogens is 444 g/mol. The first kappa shape index (κ1) is 22.2. The van der Waals surface area contributed by atoms with Gasteiger partial charge in [-0.3, -0.25) is 9.59 Å². The van der Waals surface area contributed by atoms with Gasteiger partial charge in [0, 0.05) is 17.9 Å². The number of aryl methyl sites for hydroxylation is 1. The molecule has 8 nitrogen and oxygen atoms in total. The molecule has 33 heavy (non-hydrogen) atoms. The maximum Gasteiger partial charge on any atom is 0.326 e. The molecule has 0 spiro atoms. The lowest BCUT2D eigenvalue weighted by Gasteiger charge is -2.15. The molecule has 2 aromatic carbocycles. The summed E-state index contributed by atoms with van der Waals surface area (Å²) in [5, 5.41) is 14.9. The molecule has 2 aromatic heterocycles. The van der Waals surface area contributed by atoms with Crippen LogP contribution in [0.2, 0.25) is 0 Å². The summed E-state index contributed by atoms with van der Waals surface area (Å²) in [4.78, 5) is 40.9. The molecule has 4 rings (SSSR count). The molecule has 2 N–H and O–H groups in total. The van der Waals surface area contributed by atoms with Gasteiger partial charge in [-0.25, -0.2) is 9.78 Å². The number of benzene rings is 2. The van der Waals surface area contributed by atoms with E-state index in [1.165, 1.54) is 23.7 Å². The summed E-state index contributed by atoms with van der Waals surface area (Å²) in [7, 11) is 0. The summed E-state index contributed by atoms with van der Waals surface area (Å²) in [5.74, 6) is -1.40. The summed E-state index contributed by atoms with van der Waals surface area (Å²) >= 11 is 1.44. The fraction of sp³-hybridized carbons (Fsp3) is 0.167. The number of rotatable bonds is 8. The van der Waals surface area contributed by atoms with Crippen molar-refractivity contribution in [2.24, 2.45) is 0 Å². The number of amides is 1. The number of carboxylic acids is 1. The van der Waals surface area contributed by atoms with Gasteiger partial charge in [-0.2, -0.15) is 0 Å². The third kappa shape index (κ3) is 5.27. The lowest BCUT2D eigenvalue weighted by molar-refractivity contribution is -0.142. The van der Waals surface area contributed by atoms with E-state index in [1.807, 2.05) is 13.0 Å². The summed E-state index contributed by atoms with van der Waals surface area (Å²) < 4.78 is 11.1. The number of thiazole rings is 1. The van der Waals surface area contributed by atoms with Crippen LogP contribution in [-0.2, 0) is 16.0 Å². The molecule has 0 aliphatic heterocycles. The molecule has 168 valence electrons. The summed E-state index contributed by atoms with van der Waals surface area (Å²) in [6.45, 7) is 1.47. The Labute approximate surface area is 192 Å². The number of ether oxygens (including phenoxy) is 1. The summed E-state index contributed by atoms with van der Waals surface area (Å²) in [6, 6.07) is 12.6. The minimum Gasteiger partial charge on any atom is -0.484 e. The molecule has 0 saturated carbocycles. The highest BCUT2D eigenvalue weighted by molar-refractivity contribution is 7.09. The first-order valence-electron chi connectivity index (χ1n) is 10.1. The third-order valence-electron chi connectivity index (χ3n) is 4.93. The van der Waals surface area contributed by atoms with Crippen molar-refractivity contribution in [3.8, 4) is 17.0 Å². The van der Waals surface area contributed by atoms with E-state index in [9.17, 15) is 19.5 Å². The van der Waals surface area contributed by atoms with Crippen LogP contribution in [0.25, 0.3) is 22.2 Å². The van der Waals surface area contributed by atoms with Gasteiger partial charge in [-0.05, 0) is 24.6 Å². The van der Waals surface area contributed by atoms with E-state index < -0.39 is 17.9 Å². The highest BCUT2D eigenvalue weighted by Crippen LogP contribution is 2.24. The zero-order chi connectivity index (χ0) is 23.4. The number of carbonyl (C=O) groups excluding carboxylic acids is 1. The van der Waals surface area contributed by atoms with E-state index in [0.717, 1.165) is 10.6 Å². The van der Waals surface area contributed by atoms with Crippen LogP contribution in [0.3, 0.4) is 0 Å². The van der Waals surface area contributed by atoms with Crippen LogP contribution in [0.1, 0.15) is 10.6 Å². The van der Waals surface area contributed by atoms with Crippen molar-refractivity contribution in [3.05, 3.63) is 81.0 Å². The number of carbonyl (C=O) groups is 2. The Kier molecular flexibility index (Phi) is 6.50. The average molecular weight is 464 g/mol. The standard InChI is InChI=1S/C24H20N2O6S/c1-14-25-20(13-33-14)18-11-32-21-10-16(7-8-17(21)23(18)28)31-12-22(27)26-19(24(29)30)9-15-5-3-2-4-6-15/h2-8,10-11,13,19H,9,12H2,1H3,(H,26,27)(H,29,30)/t19-/m0/s1. The number of aliphatic carboxylic acids is 1. The fourth-order valence-electron chi connectivity index (χ4n) is 3.30. The number of aromatic nitrogens is 1. The zero-order valence-corrected chi connectivity index (χ0v) is 18.4. The van der Waals surface area contributed by atoms with E-state index in [2.05, 4.69) is 10.3 Å². The fourth-order valence-corrected chi connectivity index (χ4v) is 3.91. The van der Waals surface area contributed by atoms with Crippen LogP contribution in [-0.4, -0.2) is 34.6 Å². The summed E-state index contributed by atoms with van der Waals surface area (Å²) in [5.41, 5.74) is 1.83. The van der Waals surface area contributed by atoms with Crippen LogP contribution < -0.4 is 15.5 Å². The first-order chi connectivity index (χ1) is 15.9. The predicted molar refractivity (Wildman–Crippen MR) is 124 cm³/mol. The number of carboxylic acid groups (broad SMARTS) is 1.